The number of fused-ring (bicyclic) bond motifs is 1. The molecule has 2 N–H and O–H groups in total. The molecule has 0 spiro atoms. The highest BCUT2D eigenvalue weighted by Gasteiger charge is 2.58. The van der Waals surface area contributed by atoms with Crippen LogP contribution in [0.2, 0.25) is 10.2 Å². The Bertz CT molecular complexity index is 1710. The number of nitrogens with one attached hydrogen (secondary N) is 1. The van der Waals surface area contributed by atoms with Gasteiger partial charge < -0.3 is 20.2 Å². The van der Waals surface area contributed by atoms with Gasteiger partial charge in [-0.15, -0.1) is 0 Å². The zero-order valence-corrected chi connectivity index (χ0v) is 28.0. The van der Waals surface area contributed by atoms with E-state index in [-0.39, 0.29) is 35.3 Å². The second-order valence-corrected chi connectivity index (χ2v) is 16.0. The predicted octanol–water partition coefficient (Wildman–Crippen LogP) is 3.02. The average molecular weight is 704 g/mol. The van der Waals surface area contributed by atoms with E-state index in [1.54, 1.807) is 30.5 Å². The van der Waals surface area contributed by atoms with Crippen LogP contribution in [0.15, 0.2) is 41.4 Å². The molecule has 3 atom stereocenters. The Morgan fingerprint density at radius 1 is 1.09 bits per heavy atom. The van der Waals surface area contributed by atoms with Gasteiger partial charge in [0.15, 0.2) is 9.84 Å². The summed E-state index contributed by atoms with van der Waals surface area (Å²) in [6, 6.07) is 10.1. The number of aromatic nitrogens is 1. The Morgan fingerprint density at radius 2 is 1.83 bits per heavy atom. The number of nitriles is 1. The SMILES string of the molecule is N#CC1(NC(=O)[C@@H]2CC(S(=O)(=O)c3ccc(N4CCN5CCCC5C4)cc3Cl)CN2C(=O)C2(c3ccc(Cl)nc3)CC2)CC1.O=CO. The third kappa shape index (κ3) is 6.40. The minimum Gasteiger partial charge on any atom is -0.483 e. The summed E-state index contributed by atoms with van der Waals surface area (Å²) < 4.78 is 28.2. The molecule has 250 valence electrons. The summed E-state index contributed by atoms with van der Waals surface area (Å²) in [5, 5.41) is 18.7. The lowest BCUT2D eigenvalue weighted by molar-refractivity contribution is -0.140. The van der Waals surface area contributed by atoms with Crippen molar-refractivity contribution in [3.05, 3.63) is 52.3 Å². The topological polar surface area (TPSA) is 164 Å². The number of hydrogen-bond donors (Lipinski definition) is 2. The number of anilines is 1. The monoisotopic (exact) mass is 702 g/mol. The Balaban J connectivity index is 0.00000124. The number of nitrogens with zero attached hydrogens (tertiary/aromatic N) is 5. The van der Waals surface area contributed by atoms with E-state index < -0.39 is 38.0 Å². The van der Waals surface area contributed by atoms with Crippen molar-refractivity contribution in [1.82, 2.24) is 20.1 Å². The van der Waals surface area contributed by atoms with Gasteiger partial charge in [0.1, 0.15) is 16.7 Å². The predicted molar refractivity (Wildman–Crippen MR) is 174 cm³/mol. The number of amides is 2. The van der Waals surface area contributed by atoms with Crippen LogP contribution >= 0.6 is 23.2 Å². The number of sulfone groups is 1. The van der Waals surface area contributed by atoms with Crippen molar-refractivity contribution in [2.24, 2.45) is 0 Å². The molecule has 3 saturated heterocycles. The van der Waals surface area contributed by atoms with Gasteiger partial charge >= 0.3 is 0 Å². The molecular formula is C32H36Cl2N6O6S. The molecule has 7 rings (SSSR count). The zero-order valence-electron chi connectivity index (χ0n) is 25.6. The maximum Gasteiger partial charge on any atom is 0.290 e. The van der Waals surface area contributed by atoms with Crippen LogP contribution in [-0.2, 0) is 29.6 Å². The third-order valence-electron chi connectivity index (χ3n) is 10.2. The number of hydrogen-bond acceptors (Lipinski definition) is 9. The number of rotatable bonds is 7. The number of carbonyl (C=O) groups excluding carboxylic acids is 2. The molecule has 2 unspecified atom stereocenters. The smallest absolute Gasteiger partial charge is 0.290 e. The second kappa shape index (κ2) is 12.9. The molecule has 1 aromatic carbocycles. The van der Waals surface area contributed by atoms with Gasteiger partial charge in [0.05, 0.1) is 26.7 Å². The summed E-state index contributed by atoms with van der Waals surface area (Å²) in [6.07, 6.45) is 6.00. The maximum absolute atomic E-state index is 14.1. The largest absolute Gasteiger partial charge is 0.483 e. The fourth-order valence-corrected chi connectivity index (χ4v) is 9.56. The van der Waals surface area contributed by atoms with Crippen molar-refractivity contribution in [3.63, 3.8) is 0 Å². The van der Waals surface area contributed by atoms with E-state index in [0.717, 1.165) is 38.3 Å². The van der Waals surface area contributed by atoms with Gasteiger partial charge in [-0.25, -0.2) is 13.4 Å². The summed E-state index contributed by atoms with van der Waals surface area (Å²) in [7, 11) is -4.02. The molecule has 5 aliphatic rings. The van der Waals surface area contributed by atoms with Crippen molar-refractivity contribution < 1.29 is 27.9 Å². The Kier molecular flexibility index (Phi) is 9.17. The zero-order chi connectivity index (χ0) is 33.6. The fraction of sp³-hybridized carbons (Fsp3) is 0.531. The molecule has 47 heavy (non-hydrogen) atoms. The fourth-order valence-electron chi connectivity index (χ4n) is 7.21. The van der Waals surface area contributed by atoms with Gasteiger partial charge in [0, 0.05) is 44.1 Å². The minimum atomic E-state index is -4.02. The van der Waals surface area contributed by atoms with Crippen molar-refractivity contribution in [1.29, 1.82) is 5.26 Å². The maximum atomic E-state index is 14.1. The van der Waals surface area contributed by atoms with Crippen LogP contribution in [0, 0.1) is 11.3 Å². The van der Waals surface area contributed by atoms with E-state index in [1.165, 1.54) is 11.3 Å². The van der Waals surface area contributed by atoms with Crippen molar-refractivity contribution >= 4 is 57.0 Å². The standard InChI is InChI=1S/C31H34Cl2N6O4S.CH2O2/c32-24-14-21(38-13-12-37-11-1-2-22(37)17-38)4-5-26(24)44(42,43)23-15-25(28(40)36-30(19-34)7-8-30)39(18-23)29(41)31(9-10-31)20-3-6-27(33)35-16-20;2-1-3/h3-6,14,16,22-23,25H,1-2,7-13,15,17-18H2,(H,36,40);1H,(H,2,3)/t22?,23?,25-;/m0./s1. The highest BCUT2D eigenvalue weighted by molar-refractivity contribution is 7.92. The van der Waals surface area contributed by atoms with Crippen LogP contribution in [-0.4, -0.2) is 102 Å². The van der Waals surface area contributed by atoms with E-state index in [4.69, 9.17) is 33.1 Å². The quantitative estimate of drug-likeness (QED) is 0.324. The molecule has 0 radical (unpaired) electrons. The number of likely N-dealkylation sites (tertiary alicyclic amines) is 1. The molecule has 0 bridgehead atoms. The van der Waals surface area contributed by atoms with Crippen molar-refractivity contribution in [3.8, 4) is 6.07 Å². The van der Waals surface area contributed by atoms with Gasteiger partial charge in [-0.1, -0.05) is 29.3 Å². The molecular weight excluding hydrogens is 667 g/mol. The van der Waals surface area contributed by atoms with Crippen molar-refractivity contribution in [2.75, 3.05) is 37.6 Å². The molecule has 5 fully saturated rings. The summed E-state index contributed by atoms with van der Waals surface area (Å²) in [5.74, 6) is -0.818. The first-order chi connectivity index (χ1) is 22.5. The molecule has 2 amide bonds. The minimum absolute atomic E-state index is 0.000370. The van der Waals surface area contributed by atoms with Gasteiger partial charge in [-0.2, -0.15) is 5.26 Å². The summed E-state index contributed by atoms with van der Waals surface area (Å²) in [6.45, 7) is 3.44. The molecule has 2 aromatic rings. The highest BCUT2D eigenvalue weighted by atomic mass is 35.5. The molecule has 4 heterocycles. The first kappa shape index (κ1) is 33.5. The first-order valence-corrected chi connectivity index (χ1v) is 18.0. The van der Waals surface area contributed by atoms with E-state index in [0.29, 0.717) is 42.4 Å². The number of carbonyl (C=O) groups is 3. The Morgan fingerprint density at radius 3 is 2.45 bits per heavy atom. The van der Waals surface area contributed by atoms with E-state index in [2.05, 4.69) is 26.2 Å². The molecule has 12 nitrogen and oxygen atoms in total. The highest BCUT2D eigenvalue weighted by Crippen LogP contribution is 2.51. The van der Waals surface area contributed by atoms with Gasteiger partial charge in [0.2, 0.25) is 11.8 Å². The lowest BCUT2D eigenvalue weighted by Gasteiger charge is -2.39. The lowest BCUT2D eigenvalue weighted by Crippen LogP contribution is -2.51. The summed E-state index contributed by atoms with van der Waals surface area (Å²) >= 11 is 12.7. The van der Waals surface area contributed by atoms with Gasteiger partial charge in [-0.05, 0) is 81.3 Å². The van der Waals surface area contributed by atoms with Crippen LogP contribution in [0.1, 0.15) is 50.5 Å². The normalized spacial score (nSPS) is 25.5. The number of pyridine rings is 1. The molecule has 2 aliphatic carbocycles. The van der Waals surface area contributed by atoms with Crippen molar-refractivity contribution in [2.45, 2.75) is 78.1 Å². The number of halogens is 2. The third-order valence-corrected chi connectivity index (χ3v) is 13.0. The molecule has 1 aromatic heterocycles. The average Bonchev–Trinajstić information content (AvgIpc) is 3.92. The van der Waals surface area contributed by atoms with E-state index in [9.17, 15) is 23.3 Å². The molecule has 15 heteroatoms. The number of carboxylic acid groups (broad SMARTS) is 1. The molecule has 3 aliphatic heterocycles. The van der Waals surface area contributed by atoms with E-state index in [1.807, 2.05) is 6.07 Å². The molecule has 2 saturated carbocycles. The van der Waals surface area contributed by atoms with Crippen LogP contribution < -0.4 is 10.2 Å². The van der Waals surface area contributed by atoms with Crippen LogP contribution in [0.4, 0.5) is 5.69 Å². The summed E-state index contributed by atoms with van der Waals surface area (Å²) in [4.78, 5) is 46.4. The van der Waals surface area contributed by atoms with Gasteiger partial charge in [-0.3, -0.25) is 19.3 Å². The first-order valence-electron chi connectivity index (χ1n) is 15.7. The van der Waals surface area contributed by atoms with Crippen LogP contribution in [0.5, 0.6) is 0 Å². The Hall–Kier alpha value is -3.44. The van der Waals surface area contributed by atoms with Gasteiger partial charge in [0.25, 0.3) is 6.47 Å². The van der Waals surface area contributed by atoms with E-state index >= 15 is 0 Å². The number of piperazine rings is 1. The number of benzene rings is 1. The van der Waals surface area contributed by atoms with Crippen LogP contribution in [0.3, 0.4) is 0 Å². The lowest BCUT2D eigenvalue weighted by atomic mass is 9.95. The summed E-state index contributed by atoms with van der Waals surface area (Å²) in [5.41, 5.74) is -0.266. The van der Waals surface area contributed by atoms with Crippen LogP contribution in [0.25, 0.3) is 0 Å². The second-order valence-electron chi connectivity index (χ2n) is 13.0. The Labute approximate surface area is 283 Å².